The van der Waals surface area contributed by atoms with E-state index in [2.05, 4.69) is 5.32 Å². The summed E-state index contributed by atoms with van der Waals surface area (Å²) >= 11 is -0.0832. The first-order valence-electron chi connectivity index (χ1n) is 6.16. The van der Waals surface area contributed by atoms with Crippen molar-refractivity contribution in [3.05, 3.63) is 29.8 Å². The summed E-state index contributed by atoms with van der Waals surface area (Å²) < 4.78 is 41.7. The van der Waals surface area contributed by atoms with Crippen LogP contribution < -0.4 is 5.32 Å². The number of hydrogen-bond donors (Lipinski definition) is 1. The number of nitrogens with one attached hydrogen (secondary N) is 1. The van der Waals surface area contributed by atoms with E-state index in [0.29, 0.717) is 12.5 Å². The minimum Gasteiger partial charge on any atom is -0.381 e. The van der Waals surface area contributed by atoms with Crippen molar-refractivity contribution in [1.29, 1.82) is 0 Å². The average molecular weight is 291 g/mol. The Morgan fingerprint density at radius 1 is 1.26 bits per heavy atom. The van der Waals surface area contributed by atoms with E-state index in [1.54, 1.807) is 12.1 Å². The Kier molecular flexibility index (Phi) is 5.13. The molecule has 2 nitrogen and oxygen atoms in total. The van der Waals surface area contributed by atoms with Gasteiger partial charge in [-0.05, 0) is 41.8 Å². The zero-order valence-electron chi connectivity index (χ0n) is 10.4. The molecule has 1 N–H and O–H groups in total. The number of alkyl halides is 3. The van der Waals surface area contributed by atoms with Crippen LogP contribution in [0.2, 0.25) is 0 Å². The molecule has 0 bridgehead atoms. The maximum Gasteiger partial charge on any atom is 0.446 e. The van der Waals surface area contributed by atoms with E-state index in [0.717, 1.165) is 31.7 Å². The predicted molar refractivity (Wildman–Crippen MR) is 69.0 cm³/mol. The number of thioether (sulfide) groups is 1. The van der Waals surface area contributed by atoms with E-state index in [1.807, 2.05) is 0 Å². The van der Waals surface area contributed by atoms with Crippen molar-refractivity contribution < 1.29 is 17.9 Å². The number of benzene rings is 1. The van der Waals surface area contributed by atoms with Gasteiger partial charge in [0.1, 0.15) is 0 Å². The number of hydrogen-bond acceptors (Lipinski definition) is 3. The molecule has 1 atom stereocenters. The van der Waals surface area contributed by atoms with Crippen molar-refractivity contribution in [2.24, 2.45) is 5.92 Å². The number of halogens is 3. The maximum absolute atomic E-state index is 12.2. The number of ether oxygens (including phenoxy) is 1. The van der Waals surface area contributed by atoms with E-state index in [4.69, 9.17) is 4.74 Å². The highest BCUT2D eigenvalue weighted by molar-refractivity contribution is 8.00. The Morgan fingerprint density at radius 2 is 2.00 bits per heavy atom. The second-order valence-corrected chi connectivity index (χ2v) is 5.69. The second-order valence-electron chi connectivity index (χ2n) is 4.55. The van der Waals surface area contributed by atoms with Crippen LogP contribution in [0.1, 0.15) is 12.0 Å². The Morgan fingerprint density at radius 3 is 2.58 bits per heavy atom. The van der Waals surface area contributed by atoms with Crippen molar-refractivity contribution in [3.63, 3.8) is 0 Å². The smallest absolute Gasteiger partial charge is 0.381 e. The summed E-state index contributed by atoms with van der Waals surface area (Å²) in [6.45, 7) is 3.19. The van der Waals surface area contributed by atoms with Gasteiger partial charge in [0.05, 0.1) is 6.61 Å². The molecule has 0 aliphatic carbocycles. The quantitative estimate of drug-likeness (QED) is 0.840. The molecule has 0 amide bonds. The molecule has 1 aromatic rings. The van der Waals surface area contributed by atoms with Crippen LogP contribution in [0, 0.1) is 5.92 Å². The minimum atomic E-state index is -4.22. The monoisotopic (exact) mass is 291 g/mol. The van der Waals surface area contributed by atoms with Crippen LogP contribution in [0.5, 0.6) is 0 Å². The fourth-order valence-corrected chi connectivity index (χ4v) is 2.51. The summed E-state index contributed by atoms with van der Waals surface area (Å²) in [6, 6.07) is 6.47. The Hall–Kier alpha value is -0.720. The SMILES string of the molecule is FC(F)(F)Sc1ccc(CNCC2CCOC2)cc1. The van der Waals surface area contributed by atoms with Gasteiger partial charge in [-0.15, -0.1) is 0 Å². The van der Waals surface area contributed by atoms with Gasteiger partial charge in [-0.25, -0.2) is 0 Å². The van der Waals surface area contributed by atoms with Gasteiger partial charge in [-0.3, -0.25) is 0 Å². The van der Waals surface area contributed by atoms with E-state index < -0.39 is 5.51 Å². The molecular formula is C13H16F3NOS. The van der Waals surface area contributed by atoms with Crippen LogP contribution in [0.3, 0.4) is 0 Å². The van der Waals surface area contributed by atoms with Crippen LogP contribution >= 0.6 is 11.8 Å². The third kappa shape index (κ3) is 5.42. The highest BCUT2D eigenvalue weighted by Gasteiger charge is 2.28. The van der Waals surface area contributed by atoms with Crippen LogP contribution in [0.15, 0.2) is 29.2 Å². The summed E-state index contributed by atoms with van der Waals surface area (Å²) in [6.07, 6.45) is 1.08. The zero-order valence-corrected chi connectivity index (χ0v) is 11.2. The predicted octanol–water partition coefficient (Wildman–Crippen LogP) is 3.42. The first kappa shape index (κ1) is 14.7. The summed E-state index contributed by atoms with van der Waals surface area (Å²) in [7, 11) is 0. The Labute approximate surface area is 114 Å². The molecule has 0 saturated carbocycles. The van der Waals surface area contributed by atoms with Crippen LogP contribution in [-0.2, 0) is 11.3 Å². The van der Waals surface area contributed by atoms with Gasteiger partial charge in [-0.1, -0.05) is 12.1 Å². The van der Waals surface area contributed by atoms with Crippen molar-refractivity contribution in [1.82, 2.24) is 5.32 Å². The lowest BCUT2D eigenvalue weighted by Gasteiger charge is -2.10. The fraction of sp³-hybridized carbons (Fsp3) is 0.538. The van der Waals surface area contributed by atoms with E-state index in [-0.39, 0.29) is 16.7 Å². The fourth-order valence-electron chi connectivity index (χ4n) is 1.97. The average Bonchev–Trinajstić information content (AvgIpc) is 2.82. The topological polar surface area (TPSA) is 21.3 Å². The molecule has 1 aliphatic rings. The van der Waals surface area contributed by atoms with Gasteiger partial charge < -0.3 is 10.1 Å². The molecule has 1 aromatic carbocycles. The molecule has 0 radical (unpaired) electrons. The van der Waals surface area contributed by atoms with Gasteiger partial charge in [0, 0.05) is 24.6 Å². The molecular weight excluding hydrogens is 275 g/mol. The molecule has 1 heterocycles. The van der Waals surface area contributed by atoms with Crippen LogP contribution in [0.25, 0.3) is 0 Å². The lowest BCUT2D eigenvalue weighted by Crippen LogP contribution is -2.22. The summed E-state index contributed by atoms with van der Waals surface area (Å²) in [4.78, 5) is 0.223. The zero-order chi connectivity index (χ0) is 13.7. The van der Waals surface area contributed by atoms with E-state index in [1.165, 1.54) is 12.1 Å². The summed E-state index contributed by atoms with van der Waals surface area (Å²) in [5.74, 6) is 0.556. The molecule has 1 saturated heterocycles. The second kappa shape index (κ2) is 6.63. The Balaban J connectivity index is 1.75. The van der Waals surface area contributed by atoms with E-state index >= 15 is 0 Å². The maximum atomic E-state index is 12.2. The van der Waals surface area contributed by atoms with Gasteiger partial charge in [-0.2, -0.15) is 13.2 Å². The molecule has 1 fully saturated rings. The first-order chi connectivity index (χ1) is 9.03. The molecule has 6 heteroatoms. The molecule has 2 rings (SSSR count). The van der Waals surface area contributed by atoms with Crippen molar-refractivity contribution >= 4 is 11.8 Å². The van der Waals surface area contributed by atoms with Gasteiger partial charge in [0.15, 0.2) is 0 Å². The minimum absolute atomic E-state index is 0.0832. The summed E-state index contributed by atoms with van der Waals surface area (Å²) in [5.41, 5.74) is -3.23. The van der Waals surface area contributed by atoms with Gasteiger partial charge in [0.25, 0.3) is 0 Å². The van der Waals surface area contributed by atoms with Gasteiger partial charge in [0.2, 0.25) is 0 Å². The largest absolute Gasteiger partial charge is 0.446 e. The number of rotatable bonds is 5. The highest BCUT2D eigenvalue weighted by Crippen LogP contribution is 2.36. The lowest BCUT2D eigenvalue weighted by molar-refractivity contribution is -0.0328. The normalized spacial score (nSPS) is 19.8. The third-order valence-corrected chi connectivity index (χ3v) is 3.68. The molecule has 0 spiro atoms. The van der Waals surface area contributed by atoms with E-state index in [9.17, 15) is 13.2 Å². The van der Waals surface area contributed by atoms with Crippen molar-refractivity contribution in [2.75, 3.05) is 19.8 Å². The van der Waals surface area contributed by atoms with Crippen molar-refractivity contribution in [2.45, 2.75) is 23.4 Å². The molecule has 1 aliphatic heterocycles. The Bertz CT molecular complexity index is 388. The van der Waals surface area contributed by atoms with Crippen molar-refractivity contribution in [3.8, 4) is 0 Å². The standard InChI is InChI=1S/C13H16F3NOS/c14-13(15,16)19-12-3-1-10(2-4-12)7-17-8-11-5-6-18-9-11/h1-4,11,17H,5-9H2. The molecule has 0 aromatic heterocycles. The lowest BCUT2D eigenvalue weighted by atomic mass is 10.1. The van der Waals surface area contributed by atoms with Gasteiger partial charge >= 0.3 is 5.51 Å². The third-order valence-electron chi connectivity index (χ3n) is 2.94. The summed E-state index contributed by atoms with van der Waals surface area (Å²) in [5, 5.41) is 3.30. The first-order valence-corrected chi connectivity index (χ1v) is 6.98. The molecule has 1 unspecified atom stereocenters. The van der Waals surface area contributed by atoms with Crippen LogP contribution in [-0.4, -0.2) is 25.3 Å². The highest BCUT2D eigenvalue weighted by atomic mass is 32.2. The molecule has 106 valence electrons. The molecule has 19 heavy (non-hydrogen) atoms. The van der Waals surface area contributed by atoms with Crippen LogP contribution in [0.4, 0.5) is 13.2 Å².